The number of amides is 1. The highest BCUT2D eigenvalue weighted by molar-refractivity contribution is 6.01. The number of aryl methyl sites for hydroxylation is 1. The monoisotopic (exact) mass is 518 g/mol. The molecular formula is C31H27FN6O. The highest BCUT2D eigenvalue weighted by Crippen LogP contribution is 2.35. The number of carbonyl (C=O) groups is 1. The van der Waals surface area contributed by atoms with E-state index in [0.29, 0.717) is 17.8 Å². The van der Waals surface area contributed by atoms with Gasteiger partial charge < -0.3 is 10.3 Å². The van der Waals surface area contributed by atoms with Gasteiger partial charge in [-0.25, -0.2) is 4.39 Å². The van der Waals surface area contributed by atoms with Crippen molar-refractivity contribution in [2.45, 2.75) is 27.2 Å². The maximum absolute atomic E-state index is 14.2. The Morgan fingerprint density at radius 3 is 2.67 bits per heavy atom. The summed E-state index contributed by atoms with van der Waals surface area (Å²) in [5, 5.41) is 12.4. The van der Waals surface area contributed by atoms with E-state index in [1.54, 1.807) is 24.7 Å². The summed E-state index contributed by atoms with van der Waals surface area (Å²) in [4.78, 5) is 24.6. The van der Waals surface area contributed by atoms with Crippen LogP contribution in [0, 0.1) is 18.7 Å². The Hall–Kier alpha value is -4.85. The molecule has 6 rings (SSSR count). The van der Waals surface area contributed by atoms with Crippen LogP contribution < -0.4 is 5.32 Å². The van der Waals surface area contributed by atoms with Gasteiger partial charge in [-0.15, -0.1) is 0 Å². The van der Waals surface area contributed by atoms with Crippen molar-refractivity contribution in [2.75, 3.05) is 5.32 Å². The molecule has 8 heteroatoms. The molecule has 4 heterocycles. The Kier molecular flexibility index (Phi) is 6.15. The summed E-state index contributed by atoms with van der Waals surface area (Å²) in [7, 11) is 0. The number of H-pyrrole nitrogens is 2. The molecule has 3 N–H and O–H groups in total. The number of nitrogens with one attached hydrogen (secondary N) is 3. The third kappa shape index (κ3) is 4.88. The zero-order valence-corrected chi connectivity index (χ0v) is 21.8. The summed E-state index contributed by atoms with van der Waals surface area (Å²) >= 11 is 0. The Morgan fingerprint density at radius 1 is 0.974 bits per heavy atom. The molecule has 194 valence electrons. The second-order valence-electron chi connectivity index (χ2n) is 10.3. The van der Waals surface area contributed by atoms with Crippen LogP contribution in [0.15, 0.2) is 73.2 Å². The van der Waals surface area contributed by atoms with Crippen LogP contribution in [0.25, 0.3) is 55.6 Å². The van der Waals surface area contributed by atoms with Crippen molar-refractivity contribution in [1.82, 2.24) is 25.1 Å². The highest BCUT2D eigenvalue weighted by Gasteiger charge is 2.16. The maximum atomic E-state index is 14.2. The van der Waals surface area contributed by atoms with Crippen molar-refractivity contribution in [1.29, 1.82) is 0 Å². The largest absolute Gasteiger partial charge is 0.353 e. The molecule has 6 aromatic rings. The van der Waals surface area contributed by atoms with Crippen molar-refractivity contribution in [2.24, 2.45) is 5.92 Å². The van der Waals surface area contributed by atoms with E-state index in [-0.39, 0.29) is 17.6 Å². The molecule has 0 saturated carbocycles. The van der Waals surface area contributed by atoms with Crippen LogP contribution in [-0.2, 0) is 4.79 Å². The summed E-state index contributed by atoms with van der Waals surface area (Å²) in [6.07, 6.45) is 5.54. The lowest BCUT2D eigenvalue weighted by Gasteiger charge is -2.08. The Balaban J connectivity index is 1.39. The fourth-order valence-corrected chi connectivity index (χ4v) is 4.94. The minimum atomic E-state index is -0.255. The standard InChI is InChI=1S/C31H27FN6O/c1-17(2)7-30(39)35-22-11-20(14-33-15-22)27-13-25-29(16-34-27)37-38-31(25)28-12-24-23(5-4-6-26(24)36-28)19-8-18(3)9-21(32)10-19/h4-6,8-17,36H,7H2,1-3H3,(H,35,39)(H,37,38). The van der Waals surface area contributed by atoms with Crippen LogP contribution in [0.1, 0.15) is 25.8 Å². The van der Waals surface area contributed by atoms with Gasteiger partial charge in [0, 0.05) is 34.5 Å². The molecule has 4 aromatic heterocycles. The first-order valence-corrected chi connectivity index (χ1v) is 12.8. The van der Waals surface area contributed by atoms with Gasteiger partial charge in [0.15, 0.2) is 0 Å². The van der Waals surface area contributed by atoms with Crippen molar-refractivity contribution in [3.05, 3.63) is 84.6 Å². The third-order valence-electron chi connectivity index (χ3n) is 6.63. The number of anilines is 1. The molecule has 0 bridgehead atoms. The summed E-state index contributed by atoms with van der Waals surface area (Å²) < 4.78 is 14.2. The number of carbonyl (C=O) groups excluding carboxylic acids is 1. The summed E-state index contributed by atoms with van der Waals surface area (Å²) in [6, 6.07) is 16.9. The topological polar surface area (TPSA) is 99.3 Å². The first-order valence-electron chi connectivity index (χ1n) is 12.8. The van der Waals surface area contributed by atoms with Gasteiger partial charge in [0.2, 0.25) is 5.91 Å². The van der Waals surface area contributed by atoms with Crippen LogP contribution in [-0.4, -0.2) is 31.1 Å². The Morgan fingerprint density at radius 2 is 1.85 bits per heavy atom. The van der Waals surface area contributed by atoms with Gasteiger partial charge >= 0.3 is 0 Å². The number of rotatable bonds is 6. The van der Waals surface area contributed by atoms with E-state index in [4.69, 9.17) is 0 Å². The molecule has 0 aliphatic rings. The molecular weight excluding hydrogens is 491 g/mol. The number of nitrogens with zero attached hydrogens (tertiary/aromatic N) is 3. The van der Waals surface area contributed by atoms with E-state index in [2.05, 4.69) is 30.5 Å². The van der Waals surface area contributed by atoms with Crippen LogP contribution in [0.4, 0.5) is 10.1 Å². The molecule has 0 radical (unpaired) electrons. The van der Waals surface area contributed by atoms with E-state index in [0.717, 1.165) is 55.4 Å². The van der Waals surface area contributed by atoms with Crippen molar-refractivity contribution >= 4 is 33.4 Å². The van der Waals surface area contributed by atoms with Gasteiger partial charge in [0.1, 0.15) is 11.5 Å². The molecule has 1 amide bonds. The van der Waals surface area contributed by atoms with E-state index >= 15 is 0 Å². The van der Waals surface area contributed by atoms with Gasteiger partial charge in [-0.2, -0.15) is 5.10 Å². The van der Waals surface area contributed by atoms with E-state index < -0.39 is 0 Å². The average Bonchev–Trinajstić information content (AvgIpc) is 3.51. The minimum absolute atomic E-state index is 0.0453. The first-order chi connectivity index (χ1) is 18.8. The number of aromatic nitrogens is 5. The first kappa shape index (κ1) is 24.5. The molecule has 7 nitrogen and oxygen atoms in total. The quantitative estimate of drug-likeness (QED) is 0.216. The molecule has 0 fully saturated rings. The van der Waals surface area contributed by atoms with Crippen molar-refractivity contribution in [3.8, 4) is 33.8 Å². The van der Waals surface area contributed by atoms with Gasteiger partial charge in [0.25, 0.3) is 0 Å². The lowest BCUT2D eigenvalue weighted by molar-refractivity contribution is -0.116. The Labute approximate surface area is 224 Å². The molecule has 0 aliphatic heterocycles. The molecule has 2 aromatic carbocycles. The van der Waals surface area contributed by atoms with Gasteiger partial charge in [-0.3, -0.25) is 19.9 Å². The maximum Gasteiger partial charge on any atom is 0.224 e. The molecule has 39 heavy (non-hydrogen) atoms. The second-order valence-corrected chi connectivity index (χ2v) is 10.3. The molecule has 0 spiro atoms. The Bertz CT molecular complexity index is 1830. The number of hydrogen-bond acceptors (Lipinski definition) is 4. The van der Waals surface area contributed by atoms with Gasteiger partial charge in [-0.05, 0) is 65.9 Å². The number of halogens is 1. The highest BCUT2D eigenvalue weighted by atomic mass is 19.1. The van der Waals surface area contributed by atoms with E-state index in [1.807, 2.05) is 63.2 Å². The average molecular weight is 519 g/mol. The second kappa shape index (κ2) is 9.79. The van der Waals surface area contributed by atoms with E-state index in [9.17, 15) is 9.18 Å². The molecule has 0 aliphatic carbocycles. The molecule has 0 unspecified atom stereocenters. The fourth-order valence-electron chi connectivity index (χ4n) is 4.94. The third-order valence-corrected chi connectivity index (χ3v) is 6.63. The predicted molar refractivity (Wildman–Crippen MR) is 153 cm³/mol. The lowest BCUT2D eigenvalue weighted by atomic mass is 9.99. The number of pyridine rings is 2. The zero-order valence-electron chi connectivity index (χ0n) is 21.8. The number of benzene rings is 2. The lowest BCUT2D eigenvalue weighted by Crippen LogP contribution is -2.13. The smallest absolute Gasteiger partial charge is 0.224 e. The van der Waals surface area contributed by atoms with E-state index in [1.165, 1.54) is 6.07 Å². The molecule has 0 saturated heterocycles. The number of fused-ring (bicyclic) bond motifs is 2. The molecule has 0 atom stereocenters. The van der Waals surface area contributed by atoms with Crippen molar-refractivity contribution < 1.29 is 9.18 Å². The van der Waals surface area contributed by atoms with Gasteiger partial charge in [-0.1, -0.05) is 32.0 Å². The fraction of sp³-hybridized carbons (Fsp3) is 0.161. The van der Waals surface area contributed by atoms with Crippen LogP contribution in [0.3, 0.4) is 0 Å². The predicted octanol–water partition coefficient (Wildman–Crippen LogP) is 7.27. The van der Waals surface area contributed by atoms with Crippen LogP contribution in [0.5, 0.6) is 0 Å². The minimum Gasteiger partial charge on any atom is -0.353 e. The summed E-state index contributed by atoms with van der Waals surface area (Å²) in [5.74, 6) is -0.0337. The SMILES string of the molecule is Cc1cc(F)cc(-c2cccc3[nH]c(-c4n[nH]c5cnc(-c6cncc(NC(=O)CC(C)C)c6)cc45)cc23)c1. The van der Waals surface area contributed by atoms with Crippen LogP contribution >= 0.6 is 0 Å². The van der Waals surface area contributed by atoms with Crippen LogP contribution in [0.2, 0.25) is 0 Å². The summed E-state index contributed by atoms with van der Waals surface area (Å²) in [6.45, 7) is 5.90. The van der Waals surface area contributed by atoms with Crippen molar-refractivity contribution in [3.63, 3.8) is 0 Å². The number of aromatic amines is 2. The number of hydrogen-bond donors (Lipinski definition) is 3. The van der Waals surface area contributed by atoms with Gasteiger partial charge in [0.05, 0.1) is 35.0 Å². The zero-order chi connectivity index (χ0) is 27.1. The normalized spacial score (nSPS) is 11.5. The summed E-state index contributed by atoms with van der Waals surface area (Å²) in [5.41, 5.74) is 8.08.